The van der Waals surface area contributed by atoms with Crippen molar-refractivity contribution in [3.63, 3.8) is 0 Å². The second-order valence-corrected chi connectivity index (χ2v) is 3.64. The average Bonchev–Trinajstić information content (AvgIpc) is 2.44. The summed E-state index contributed by atoms with van der Waals surface area (Å²) in [4.78, 5) is 13.5. The second-order valence-electron chi connectivity index (χ2n) is 3.64. The quantitative estimate of drug-likeness (QED) is 0.500. The van der Waals surface area contributed by atoms with Gasteiger partial charge in [-0.1, -0.05) is 6.08 Å². The van der Waals surface area contributed by atoms with Crippen LogP contribution in [-0.4, -0.2) is 23.4 Å². The van der Waals surface area contributed by atoms with Crippen LogP contribution in [0, 0.1) is 0 Å². The maximum Gasteiger partial charge on any atom is 0.227 e. The monoisotopic (exact) mass is 165 g/mol. The molecule has 0 N–H and O–H groups in total. The smallest absolute Gasteiger partial charge is 0.227 e. The van der Waals surface area contributed by atoms with Gasteiger partial charge >= 0.3 is 0 Å². The van der Waals surface area contributed by atoms with Crippen molar-refractivity contribution in [1.29, 1.82) is 0 Å². The summed E-state index contributed by atoms with van der Waals surface area (Å²) < 4.78 is 0. The minimum Gasteiger partial charge on any atom is -0.336 e. The minimum absolute atomic E-state index is 0.341. The van der Waals surface area contributed by atoms with Gasteiger partial charge in [-0.15, -0.1) is 0 Å². The number of carbonyl (C=O) groups excluding carboxylic acids is 1. The van der Waals surface area contributed by atoms with Crippen LogP contribution in [0.1, 0.15) is 32.6 Å². The highest BCUT2D eigenvalue weighted by Crippen LogP contribution is 2.31. The fourth-order valence-corrected chi connectivity index (χ4v) is 2.30. The Morgan fingerprint density at radius 3 is 3.08 bits per heavy atom. The van der Waals surface area contributed by atoms with E-state index >= 15 is 0 Å². The van der Waals surface area contributed by atoms with Crippen LogP contribution in [0.2, 0.25) is 0 Å². The van der Waals surface area contributed by atoms with Gasteiger partial charge in [-0.2, -0.15) is 0 Å². The average molecular weight is 165 g/mol. The first-order valence-corrected chi connectivity index (χ1v) is 4.77. The molecular formula is C10H15NO. The standard InChI is InChI=1S/C10H15NO/c1-2-8-7-10(12)11-6-4-3-5-9(8)11/h2,9H,3-7H2,1H3/b8-2+. The molecule has 0 aliphatic carbocycles. The summed E-state index contributed by atoms with van der Waals surface area (Å²) in [6, 6.07) is 0.469. The van der Waals surface area contributed by atoms with Gasteiger partial charge in [0.05, 0.1) is 6.04 Å². The van der Waals surface area contributed by atoms with E-state index in [1.807, 2.05) is 6.92 Å². The lowest BCUT2D eigenvalue weighted by molar-refractivity contribution is -0.129. The first-order valence-electron chi connectivity index (χ1n) is 4.77. The van der Waals surface area contributed by atoms with Crippen molar-refractivity contribution in [3.8, 4) is 0 Å². The molecule has 2 nitrogen and oxygen atoms in total. The van der Waals surface area contributed by atoms with Crippen LogP contribution in [0.5, 0.6) is 0 Å². The number of hydrogen-bond acceptors (Lipinski definition) is 1. The van der Waals surface area contributed by atoms with Crippen molar-refractivity contribution in [2.75, 3.05) is 6.54 Å². The number of amides is 1. The van der Waals surface area contributed by atoms with E-state index in [2.05, 4.69) is 11.0 Å². The van der Waals surface area contributed by atoms with Crippen LogP contribution >= 0.6 is 0 Å². The molecular weight excluding hydrogens is 150 g/mol. The molecule has 2 fully saturated rings. The summed E-state index contributed by atoms with van der Waals surface area (Å²) in [6.07, 6.45) is 6.46. The molecule has 0 aromatic heterocycles. The molecule has 66 valence electrons. The SMILES string of the molecule is C/C=C1\CC(=O)N2CCCCC12. The molecule has 1 unspecified atom stereocenters. The summed E-state index contributed by atoms with van der Waals surface area (Å²) >= 11 is 0. The van der Waals surface area contributed by atoms with Crippen LogP contribution in [0.4, 0.5) is 0 Å². The van der Waals surface area contributed by atoms with Gasteiger partial charge in [0.15, 0.2) is 0 Å². The highest BCUT2D eigenvalue weighted by atomic mass is 16.2. The number of fused-ring (bicyclic) bond motifs is 1. The van der Waals surface area contributed by atoms with Crippen LogP contribution in [0.3, 0.4) is 0 Å². The Morgan fingerprint density at radius 1 is 1.50 bits per heavy atom. The van der Waals surface area contributed by atoms with Gasteiger partial charge in [-0.25, -0.2) is 0 Å². The second kappa shape index (κ2) is 2.92. The van der Waals surface area contributed by atoms with Crippen molar-refractivity contribution >= 4 is 5.91 Å². The van der Waals surface area contributed by atoms with Crippen molar-refractivity contribution in [1.82, 2.24) is 4.90 Å². The number of rotatable bonds is 0. The summed E-state index contributed by atoms with van der Waals surface area (Å²) in [7, 11) is 0. The Morgan fingerprint density at radius 2 is 2.33 bits per heavy atom. The molecule has 2 aliphatic rings. The molecule has 0 bridgehead atoms. The minimum atomic E-state index is 0.341. The molecule has 12 heavy (non-hydrogen) atoms. The molecule has 0 aromatic rings. The summed E-state index contributed by atoms with van der Waals surface area (Å²) in [5.74, 6) is 0.341. The summed E-state index contributed by atoms with van der Waals surface area (Å²) in [5, 5.41) is 0. The highest BCUT2D eigenvalue weighted by molar-refractivity contribution is 5.83. The van der Waals surface area contributed by atoms with E-state index in [0.29, 0.717) is 18.4 Å². The maximum absolute atomic E-state index is 11.5. The molecule has 0 aromatic carbocycles. The Kier molecular flexibility index (Phi) is 1.91. The van der Waals surface area contributed by atoms with Crippen LogP contribution in [0.15, 0.2) is 11.6 Å². The van der Waals surface area contributed by atoms with Crippen molar-refractivity contribution in [3.05, 3.63) is 11.6 Å². The van der Waals surface area contributed by atoms with Crippen molar-refractivity contribution < 1.29 is 4.79 Å². The Balaban J connectivity index is 2.22. The number of nitrogens with zero attached hydrogens (tertiary/aromatic N) is 1. The fraction of sp³-hybridized carbons (Fsp3) is 0.700. The third kappa shape index (κ3) is 1.06. The number of allylic oxidation sites excluding steroid dienone is 1. The first kappa shape index (κ1) is 7.84. The summed E-state index contributed by atoms with van der Waals surface area (Å²) in [5.41, 5.74) is 1.35. The van der Waals surface area contributed by atoms with Crippen LogP contribution in [-0.2, 0) is 4.79 Å². The van der Waals surface area contributed by atoms with Gasteiger partial charge < -0.3 is 4.90 Å². The molecule has 2 rings (SSSR count). The molecule has 0 spiro atoms. The van der Waals surface area contributed by atoms with Gasteiger partial charge in [0.1, 0.15) is 0 Å². The normalized spacial score (nSPS) is 32.8. The number of hydrogen-bond donors (Lipinski definition) is 0. The van der Waals surface area contributed by atoms with E-state index in [-0.39, 0.29) is 0 Å². The van der Waals surface area contributed by atoms with Crippen molar-refractivity contribution in [2.24, 2.45) is 0 Å². The van der Waals surface area contributed by atoms with E-state index in [1.165, 1.54) is 24.8 Å². The summed E-state index contributed by atoms with van der Waals surface area (Å²) in [6.45, 7) is 3.03. The Labute approximate surface area is 73.2 Å². The molecule has 2 heterocycles. The molecule has 1 amide bonds. The van der Waals surface area contributed by atoms with Crippen molar-refractivity contribution in [2.45, 2.75) is 38.6 Å². The third-order valence-electron chi connectivity index (χ3n) is 2.98. The zero-order valence-corrected chi connectivity index (χ0v) is 7.55. The van der Waals surface area contributed by atoms with Gasteiger partial charge in [-0.3, -0.25) is 4.79 Å². The van der Waals surface area contributed by atoms with Gasteiger partial charge in [0, 0.05) is 13.0 Å². The third-order valence-corrected chi connectivity index (χ3v) is 2.98. The zero-order valence-electron chi connectivity index (χ0n) is 7.55. The number of carbonyl (C=O) groups is 1. The van der Waals surface area contributed by atoms with E-state index in [9.17, 15) is 4.79 Å². The Bertz CT molecular complexity index is 232. The molecule has 2 aliphatic heterocycles. The highest BCUT2D eigenvalue weighted by Gasteiger charge is 2.35. The van der Waals surface area contributed by atoms with Gasteiger partial charge in [-0.05, 0) is 31.8 Å². The number of piperidine rings is 1. The van der Waals surface area contributed by atoms with Crippen LogP contribution < -0.4 is 0 Å². The van der Waals surface area contributed by atoms with Crippen LogP contribution in [0.25, 0.3) is 0 Å². The van der Waals surface area contributed by atoms with E-state index < -0.39 is 0 Å². The first-order chi connectivity index (χ1) is 5.83. The zero-order chi connectivity index (χ0) is 8.55. The lowest BCUT2D eigenvalue weighted by Crippen LogP contribution is -2.37. The molecule has 0 saturated carbocycles. The predicted molar refractivity (Wildman–Crippen MR) is 47.7 cm³/mol. The maximum atomic E-state index is 11.5. The Hall–Kier alpha value is -0.790. The fourth-order valence-electron chi connectivity index (χ4n) is 2.30. The largest absolute Gasteiger partial charge is 0.336 e. The lowest BCUT2D eigenvalue weighted by Gasteiger charge is -2.29. The van der Waals surface area contributed by atoms with E-state index in [0.717, 1.165) is 6.54 Å². The van der Waals surface area contributed by atoms with Gasteiger partial charge in [0.2, 0.25) is 5.91 Å². The lowest BCUT2D eigenvalue weighted by atomic mass is 9.98. The molecule has 2 heteroatoms. The van der Waals surface area contributed by atoms with E-state index in [1.54, 1.807) is 0 Å². The molecule has 0 radical (unpaired) electrons. The molecule has 2 saturated heterocycles. The predicted octanol–water partition coefficient (Wildman–Crippen LogP) is 1.72. The molecule has 1 atom stereocenters. The topological polar surface area (TPSA) is 20.3 Å². The van der Waals surface area contributed by atoms with E-state index in [4.69, 9.17) is 0 Å². The van der Waals surface area contributed by atoms with Gasteiger partial charge in [0.25, 0.3) is 0 Å².